The van der Waals surface area contributed by atoms with Gasteiger partial charge in [-0.25, -0.2) is 0 Å². The highest BCUT2D eigenvalue weighted by atomic mass is 35.5. The Labute approximate surface area is 190 Å². The van der Waals surface area contributed by atoms with Gasteiger partial charge in [-0.1, -0.05) is 48.0 Å². The van der Waals surface area contributed by atoms with Gasteiger partial charge in [0.1, 0.15) is 11.5 Å². The van der Waals surface area contributed by atoms with Gasteiger partial charge in [0.05, 0.1) is 23.2 Å². The predicted molar refractivity (Wildman–Crippen MR) is 121 cm³/mol. The van der Waals surface area contributed by atoms with Crippen molar-refractivity contribution >= 4 is 29.1 Å². The number of halogens is 1. The van der Waals surface area contributed by atoms with Gasteiger partial charge in [0.25, 0.3) is 11.7 Å². The summed E-state index contributed by atoms with van der Waals surface area (Å²) in [7, 11) is 0. The molecule has 0 saturated carbocycles. The molecule has 162 valence electrons. The fraction of sp³-hybridized carbons (Fsp3) is 0.160. The summed E-state index contributed by atoms with van der Waals surface area (Å²) in [5.41, 5.74) is 1.69. The van der Waals surface area contributed by atoms with Gasteiger partial charge in [0.15, 0.2) is 0 Å². The van der Waals surface area contributed by atoms with E-state index in [9.17, 15) is 14.7 Å². The summed E-state index contributed by atoms with van der Waals surface area (Å²) in [4.78, 5) is 31.7. The Balaban J connectivity index is 1.87. The minimum Gasteiger partial charge on any atom is -0.507 e. The van der Waals surface area contributed by atoms with E-state index in [1.54, 1.807) is 36.7 Å². The second-order valence-electron chi connectivity index (χ2n) is 7.27. The molecule has 1 saturated heterocycles. The number of pyridine rings is 1. The summed E-state index contributed by atoms with van der Waals surface area (Å²) < 4.78 is 5.51. The number of aliphatic hydroxyl groups excluding tert-OH is 1. The number of carbonyl (C=O) groups is 2. The third-order valence-corrected chi connectivity index (χ3v) is 5.56. The number of ketones is 1. The van der Waals surface area contributed by atoms with Crippen molar-refractivity contribution in [2.24, 2.45) is 0 Å². The van der Waals surface area contributed by atoms with Crippen LogP contribution in [0.3, 0.4) is 0 Å². The maximum atomic E-state index is 13.1. The zero-order chi connectivity index (χ0) is 22.7. The van der Waals surface area contributed by atoms with Crippen LogP contribution in [-0.4, -0.2) is 33.3 Å². The monoisotopic (exact) mass is 448 g/mol. The number of ether oxygens (including phenoxy) is 1. The van der Waals surface area contributed by atoms with E-state index in [0.717, 1.165) is 5.56 Å². The van der Waals surface area contributed by atoms with Crippen molar-refractivity contribution < 1.29 is 19.4 Å². The molecule has 1 unspecified atom stereocenters. The van der Waals surface area contributed by atoms with Crippen LogP contribution in [0.1, 0.15) is 29.7 Å². The van der Waals surface area contributed by atoms with E-state index in [4.69, 9.17) is 16.3 Å². The number of aliphatic hydroxyl groups is 1. The molecule has 1 aliphatic heterocycles. The van der Waals surface area contributed by atoms with Crippen LogP contribution >= 0.6 is 11.6 Å². The summed E-state index contributed by atoms with van der Waals surface area (Å²) in [5.74, 6) is -1.30. The average molecular weight is 449 g/mol. The molecule has 1 aliphatic rings. The number of rotatable bonds is 6. The Kier molecular flexibility index (Phi) is 6.23. The van der Waals surface area contributed by atoms with Crippen LogP contribution in [0.15, 0.2) is 78.6 Å². The lowest BCUT2D eigenvalue weighted by Crippen LogP contribution is -2.29. The van der Waals surface area contributed by atoms with E-state index < -0.39 is 17.7 Å². The fourth-order valence-electron chi connectivity index (χ4n) is 3.80. The summed E-state index contributed by atoms with van der Waals surface area (Å²) in [6, 6.07) is 16.8. The molecule has 0 radical (unpaired) electrons. The molecule has 3 aromatic rings. The van der Waals surface area contributed by atoms with E-state index in [-0.39, 0.29) is 28.5 Å². The molecular formula is C25H21ClN2O4. The number of hydrogen-bond acceptors (Lipinski definition) is 5. The first-order valence-electron chi connectivity index (χ1n) is 10.2. The molecule has 2 heterocycles. The van der Waals surface area contributed by atoms with Gasteiger partial charge in [-0.2, -0.15) is 0 Å². The van der Waals surface area contributed by atoms with Crippen LogP contribution in [0, 0.1) is 0 Å². The molecule has 1 N–H and O–H groups in total. The zero-order valence-electron chi connectivity index (χ0n) is 17.4. The summed E-state index contributed by atoms with van der Waals surface area (Å²) in [6.07, 6.45) is 3.28. The summed E-state index contributed by atoms with van der Waals surface area (Å²) in [5, 5.41) is 11.5. The van der Waals surface area contributed by atoms with E-state index >= 15 is 0 Å². The lowest BCUT2D eigenvalue weighted by Gasteiger charge is -2.25. The molecule has 0 spiro atoms. The average Bonchev–Trinajstić information content (AvgIpc) is 3.06. The highest BCUT2D eigenvalue weighted by Gasteiger charge is 2.46. The standard InChI is InChI=1S/C25H21ClN2O4/c1-2-32-18-10-11-20(26)19(13-18)23(29)21-22(17-8-4-3-5-9-17)28(25(31)24(21)30)15-16-7-6-12-27-14-16/h3-14,22,29H,2,15H2,1H3/b23-21+. The number of hydrogen-bond donors (Lipinski definition) is 1. The first kappa shape index (κ1) is 21.6. The second kappa shape index (κ2) is 9.24. The third-order valence-electron chi connectivity index (χ3n) is 5.23. The molecule has 6 nitrogen and oxygen atoms in total. The van der Waals surface area contributed by atoms with Gasteiger partial charge in [0, 0.05) is 24.5 Å². The number of benzene rings is 2. The maximum absolute atomic E-state index is 13.1. The van der Waals surface area contributed by atoms with E-state index in [1.807, 2.05) is 43.3 Å². The quantitative estimate of drug-likeness (QED) is 0.334. The zero-order valence-corrected chi connectivity index (χ0v) is 18.1. The smallest absolute Gasteiger partial charge is 0.295 e. The van der Waals surface area contributed by atoms with Crippen molar-refractivity contribution in [2.45, 2.75) is 19.5 Å². The molecule has 4 rings (SSSR count). The van der Waals surface area contributed by atoms with Crippen molar-refractivity contribution in [3.05, 3.63) is 100 Å². The van der Waals surface area contributed by atoms with Crippen molar-refractivity contribution in [2.75, 3.05) is 6.61 Å². The Hall–Kier alpha value is -3.64. The van der Waals surface area contributed by atoms with Crippen molar-refractivity contribution in [1.29, 1.82) is 0 Å². The van der Waals surface area contributed by atoms with Gasteiger partial charge in [0.2, 0.25) is 0 Å². The molecule has 32 heavy (non-hydrogen) atoms. The topological polar surface area (TPSA) is 79.7 Å². The minimum absolute atomic E-state index is 0.0133. The maximum Gasteiger partial charge on any atom is 0.295 e. The molecule has 1 amide bonds. The highest BCUT2D eigenvalue weighted by Crippen LogP contribution is 2.41. The molecule has 0 bridgehead atoms. The first-order valence-corrected chi connectivity index (χ1v) is 10.5. The lowest BCUT2D eigenvalue weighted by atomic mass is 9.95. The van der Waals surface area contributed by atoms with Crippen LogP contribution in [0.5, 0.6) is 5.75 Å². The number of amides is 1. The van der Waals surface area contributed by atoms with Crippen LogP contribution in [0.4, 0.5) is 0 Å². The number of carbonyl (C=O) groups excluding carboxylic acids is 2. The van der Waals surface area contributed by atoms with E-state index in [0.29, 0.717) is 17.9 Å². The van der Waals surface area contributed by atoms with Crippen LogP contribution in [-0.2, 0) is 16.1 Å². The minimum atomic E-state index is -0.775. The summed E-state index contributed by atoms with van der Waals surface area (Å²) in [6.45, 7) is 2.44. The lowest BCUT2D eigenvalue weighted by molar-refractivity contribution is -0.140. The Morgan fingerprint density at radius 1 is 1.12 bits per heavy atom. The third kappa shape index (κ3) is 4.09. The van der Waals surface area contributed by atoms with Crippen molar-refractivity contribution in [1.82, 2.24) is 9.88 Å². The van der Waals surface area contributed by atoms with Crippen molar-refractivity contribution in [3.8, 4) is 5.75 Å². The van der Waals surface area contributed by atoms with Gasteiger partial charge in [-0.3, -0.25) is 14.6 Å². The molecule has 7 heteroatoms. The molecular weight excluding hydrogens is 428 g/mol. The molecule has 1 atom stereocenters. The number of likely N-dealkylation sites (tertiary alicyclic amines) is 1. The Bertz CT molecular complexity index is 1180. The van der Waals surface area contributed by atoms with Crippen LogP contribution in [0.2, 0.25) is 5.02 Å². The molecule has 0 aliphatic carbocycles. The number of Topliss-reactive ketones (excluding diaryl/α,β-unsaturated/α-hetero) is 1. The molecule has 2 aromatic carbocycles. The normalized spacial score (nSPS) is 17.6. The van der Waals surface area contributed by atoms with Crippen molar-refractivity contribution in [3.63, 3.8) is 0 Å². The Morgan fingerprint density at radius 3 is 2.59 bits per heavy atom. The number of nitrogens with zero attached hydrogens (tertiary/aromatic N) is 2. The summed E-state index contributed by atoms with van der Waals surface area (Å²) >= 11 is 6.35. The van der Waals surface area contributed by atoms with Gasteiger partial charge in [-0.05, 0) is 42.3 Å². The number of aromatic nitrogens is 1. The van der Waals surface area contributed by atoms with E-state index in [2.05, 4.69) is 4.98 Å². The fourth-order valence-corrected chi connectivity index (χ4v) is 4.01. The van der Waals surface area contributed by atoms with Crippen LogP contribution < -0.4 is 4.74 Å². The SMILES string of the molecule is CCOc1ccc(Cl)c(/C(O)=C2\C(=O)C(=O)N(Cc3cccnc3)C2c2ccccc2)c1. The predicted octanol–water partition coefficient (Wildman–Crippen LogP) is 4.76. The molecule has 1 fully saturated rings. The molecule has 1 aromatic heterocycles. The first-order chi connectivity index (χ1) is 15.5. The van der Waals surface area contributed by atoms with E-state index in [1.165, 1.54) is 4.90 Å². The highest BCUT2D eigenvalue weighted by molar-refractivity contribution is 6.47. The largest absolute Gasteiger partial charge is 0.507 e. The Morgan fingerprint density at radius 2 is 1.91 bits per heavy atom. The van der Waals surface area contributed by atoms with Gasteiger partial charge >= 0.3 is 0 Å². The van der Waals surface area contributed by atoms with Gasteiger partial charge < -0.3 is 14.7 Å². The second-order valence-corrected chi connectivity index (χ2v) is 7.68. The van der Waals surface area contributed by atoms with Gasteiger partial charge in [-0.15, -0.1) is 0 Å². The van der Waals surface area contributed by atoms with Crippen LogP contribution in [0.25, 0.3) is 5.76 Å².